The molecule has 2 aromatic rings. The minimum atomic E-state index is -0.0628. The van der Waals surface area contributed by atoms with Crippen molar-refractivity contribution in [2.75, 3.05) is 36.4 Å². The molecule has 0 radical (unpaired) electrons. The van der Waals surface area contributed by atoms with Gasteiger partial charge in [0.25, 0.3) is 0 Å². The molecule has 1 fully saturated rings. The molecule has 1 atom stereocenters. The van der Waals surface area contributed by atoms with Gasteiger partial charge in [-0.05, 0) is 50.1 Å². The average Bonchev–Trinajstić information content (AvgIpc) is 2.69. The van der Waals surface area contributed by atoms with E-state index in [9.17, 15) is 4.79 Å². The number of fused-ring (bicyclic) bond motifs is 3. The molecule has 2 aliphatic heterocycles. The highest BCUT2D eigenvalue weighted by atomic mass is 16.2. The van der Waals surface area contributed by atoms with Crippen LogP contribution in [0.2, 0.25) is 0 Å². The van der Waals surface area contributed by atoms with E-state index in [2.05, 4.69) is 38.3 Å². The Bertz CT molecular complexity index is 749. The molecule has 0 spiro atoms. The average molecular weight is 350 g/mol. The summed E-state index contributed by atoms with van der Waals surface area (Å²) in [4.78, 5) is 21.6. The summed E-state index contributed by atoms with van der Waals surface area (Å²) in [5.41, 5.74) is 3.28. The smallest absolute Gasteiger partial charge is 0.248 e. The van der Waals surface area contributed by atoms with Crippen molar-refractivity contribution in [3.8, 4) is 0 Å². The summed E-state index contributed by atoms with van der Waals surface area (Å²) in [5.74, 6) is 0.128. The third kappa shape index (κ3) is 3.73. The monoisotopic (exact) mass is 350 g/mol. The molecule has 1 unspecified atom stereocenters. The number of carbonyl (C=O) groups excluding carboxylic acids is 1. The Morgan fingerprint density at radius 2 is 1.92 bits per heavy atom. The quantitative estimate of drug-likeness (QED) is 0.814. The fourth-order valence-electron chi connectivity index (χ4n) is 3.97. The van der Waals surface area contributed by atoms with Gasteiger partial charge >= 0.3 is 0 Å². The molecular weight excluding hydrogens is 324 g/mol. The number of para-hydroxylation sites is 2. The van der Waals surface area contributed by atoms with Crippen molar-refractivity contribution >= 4 is 17.3 Å². The molecule has 1 N–H and O–H groups in total. The minimum absolute atomic E-state index is 0.0628. The highest BCUT2D eigenvalue weighted by Crippen LogP contribution is 2.33. The summed E-state index contributed by atoms with van der Waals surface area (Å²) >= 11 is 0. The normalized spacial score (nSPS) is 19.6. The van der Waals surface area contributed by atoms with Crippen LogP contribution in [0.15, 0.2) is 48.7 Å². The second-order valence-electron chi connectivity index (χ2n) is 7.15. The standard InChI is InChI=1S/C21H26N4O/c26-21-20-16-24(13-7-1-2-8-17-9-5-6-12-22-17)14-15-25(20)19-11-4-3-10-18(19)23-21/h3-6,9-12,20H,1-2,7-8,13-16H2,(H,23,26). The van der Waals surface area contributed by atoms with E-state index >= 15 is 0 Å². The minimum Gasteiger partial charge on any atom is -0.355 e. The topological polar surface area (TPSA) is 48.5 Å². The molecule has 26 heavy (non-hydrogen) atoms. The number of rotatable bonds is 6. The molecule has 1 aromatic carbocycles. The van der Waals surface area contributed by atoms with Gasteiger partial charge in [-0.1, -0.05) is 24.6 Å². The second kappa shape index (κ2) is 7.87. The van der Waals surface area contributed by atoms with E-state index in [4.69, 9.17) is 0 Å². The van der Waals surface area contributed by atoms with Crippen molar-refractivity contribution in [3.63, 3.8) is 0 Å². The predicted molar refractivity (Wildman–Crippen MR) is 104 cm³/mol. The van der Waals surface area contributed by atoms with Crippen LogP contribution in [0.5, 0.6) is 0 Å². The van der Waals surface area contributed by atoms with Crippen molar-refractivity contribution in [2.24, 2.45) is 0 Å². The number of aromatic nitrogens is 1. The van der Waals surface area contributed by atoms with Gasteiger partial charge in [-0.15, -0.1) is 0 Å². The van der Waals surface area contributed by atoms with Crippen LogP contribution in [-0.4, -0.2) is 48.0 Å². The molecule has 3 heterocycles. The molecule has 2 aliphatic rings. The van der Waals surface area contributed by atoms with E-state index in [-0.39, 0.29) is 11.9 Å². The number of hydrogen-bond donors (Lipinski definition) is 1. The number of nitrogens with one attached hydrogen (secondary N) is 1. The molecule has 1 amide bonds. The van der Waals surface area contributed by atoms with Gasteiger partial charge < -0.3 is 10.2 Å². The van der Waals surface area contributed by atoms with E-state index < -0.39 is 0 Å². The first-order valence-electron chi connectivity index (χ1n) is 9.60. The molecular formula is C21H26N4O. The van der Waals surface area contributed by atoms with Gasteiger partial charge in [0.05, 0.1) is 11.4 Å². The van der Waals surface area contributed by atoms with E-state index in [0.29, 0.717) is 0 Å². The van der Waals surface area contributed by atoms with Crippen LogP contribution in [0.1, 0.15) is 25.0 Å². The van der Waals surface area contributed by atoms with Crippen LogP contribution >= 0.6 is 0 Å². The van der Waals surface area contributed by atoms with Gasteiger partial charge in [-0.2, -0.15) is 0 Å². The first-order valence-corrected chi connectivity index (χ1v) is 9.60. The largest absolute Gasteiger partial charge is 0.355 e. The van der Waals surface area contributed by atoms with Crippen LogP contribution in [0.4, 0.5) is 11.4 Å². The Morgan fingerprint density at radius 3 is 2.81 bits per heavy atom. The molecule has 0 aliphatic carbocycles. The lowest BCUT2D eigenvalue weighted by Crippen LogP contribution is -2.60. The van der Waals surface area contributed by atoms with E-state index in [1.807, 2.05) is 30.5 Å². The number of pyridine rings is 1. The van der Waals surface area contributed by atoms with Gasteiger partial charge in [0, 0.05) is 31.5 Å². The summed E-state index contributed by atoms with van der Waals surface area (Å²) in [5, 5.41) is 3.06. The van der Waals surface area contributed by atoms with Gasteiger partial charge in [0.2, 0.25) is 5.91 Å². The van der Waals surface area contributed by atoms with Gasteiger partial charge in [-0.25, -0.2) is 0 Å². The van der Waals surface area contributed by atoms with Crippen molar-refractivity contribution in [2.45, 2.75) is 31.7 Å². The van der Waals surface area contributed by atoms with Crippen molar-refractivity contribution < 1.29 is 4.79 Å². The molecule has 5 nitrogen and oxygen atoms in total. The lowest BCUT2D eigenvalue weighted by Gasteiger charge is -2.45. The zero-order chi connectivity index (χ0) is 17.8. The maximum absolute atomic E-state index is 12.5. The summed E-state index contributed by atoms with van der Waals surface area (Å²) in [7, 11) is 0. The van der Waals surface area contributed by atoms with E-state index in [0.717, 1.165) is 44.0 Å². The number of nitrogens with zero attached hydrogens (tertiary/aromatic N) is 3. The maximum Gasteiger partial charge on any atom is 0.248 e. The fraction of sp³-hybridized carbons (Fsp3) is 0.429. The Morgan fingerprint density at radius 1 is 1.04 bits per heavy atom. The lowest BCUT2D eigenvalue weighted by molar-refractivity contribution is -0.118. The van der Waals surface area contributed by atoms with Crippen molar-refractivity contribution in [3.05, 3.63) is 54.4 Å². The summed E-state index contributed by atoms with van der Waals surface area (Å²) in [6.07, 6.45) is 6.47. The molecule has 0 bridgehead atoms. The van der Waals surface area contributed by atoms with Crippen molar-refractivity contribution in [1.82, 2.24) is 9.88 Å². The number of anilines is 2. The molecule has 136 valence electrons. The van der Waals surface area contributed by atoms with Crippen LogP contribution in [0, 0.1) is 0 Å². The third-order valence-electron chi connectivity index (χ3n) is 5.37. The highest BCUT2D eigenvalue weighted by Gasteiger charge is 2.36. The fourth-order valence-corrected chi connectivity index (χ4v) is 3.97. The molecule has 5 heteroatoms. The molecule has 1 aromatic heterocycles. The van der Waals surface area contributed by atoms with Crippen LogP contribution in [0.25, 0.3) is 0 Å². The number of carbonyl (C=O) groups is 1. The molecule has 4 rings (SSSR count). The number of piperazine rings is 1. The second-order valence-corrected chi connectivity index (χ2v) is 7.15. The van der Waals surface area contributed by atoms with Gasteiger partial charge in [0.1, 0.15) is 6.04 Å². The van der Waals surface area contributed by atoms with Crippen LogP contribution in [-0.2, 0) is 11.2 Å². The SMILES string of the molecule is O=C1Nc2ccccc2N2CCN(CCCCCc3ccccn3)CC12. The summed E-state index contributed by atoms with van der Waals surface area (Å²) < 4.78 is 0. The predicted octanol–water partition coefficient (Wildman–Crippen LogP) is 2.94. The maximum atomic E-state index is 12.5. The van der Waals surface area contributed by atoms with Gasteiger partial charge in [-0.3, -0.25) is 14.7 Å². The summed E-state index contributed by atoms with van der Waals surface area (Å²) in [6.45, 7) is 3.84. The molecule has 1 saturated heterocycles. The number of unbranched alkanes of at least 4 members (excludes halogenated alkanes) is 2. The Balaban J connectivity index is 1.25. The number of hydrogen-bond acceptors (Lipinski definition) is 4. The third-order valence-corrected chi connectivity index (χ3v) is 5.37. The Hall–Kier alpha value is -2.40. The Labute approximate surface area is 155 Å². The number of benzene rings is 1. The molecule has 0 saturated carbocycles. The number of amides is 1. The Kier molecular flexibility index (Phi) is 5.16. The van der Waals surface area contributed by atoms with E-state index in [1.54, 1.807) is 0 Å². The van der Waals surface area contributed by atoms with Crippen LogP contribution < -0.4 is 10.2 Å². The van der Waals surface area contributed by atoms with E-state index in [1.165, 1.54) is 25.0 Å². The lowest BCUT2D eigenvalue weighted by atomic mass is 10.0. The summed E-state index contributed by atoms with van der Waals surface area (Å²) in [6, 6.07) is 14.2. The van der Waals surface area contributed by atoms with Crippen molar-refractivity contribution in [1.29, 1.82) is 0 Å². The van der Waals surface area contributed by atoms with Crippen LogP contribution in [0.3, 0.4) is 0 Å². The zero-order valence-corrected chi connectivity index (χ0v) is 15.1. The first kappa shape index (κ1) is 17.0. The first-order chi connectivity index (χ1) is 12.8. The van der Waals surface area contributed by atoms with Gasteiger partial charge in [0.15, 0.2) is 0 Å². The zero-order valence-electron chi connectivity index (χ0n) is 15.1. The number of aryl methyl sites for hydroxylation is 1. The highest BCUT2D eigenvalue weighted by molar-refractivity contribution is 6.03.